The van der Waals surface area contributed by atoms with E-state index in [1.807, 2.05) is 65.2 Å². The van der Waals surface area contributed by atoms with Crippen molar-refractivity contribution in [3.63, 3.8) is 0 Å². The Morgan fingerprint density at radius 2 is 1.49 bits per heavy atom. The van der Waals surface area contributed by atoms with Crippen LogP contribution in [0.2, 0.25) is 0 Å². The number of hydrogen-bond acceptors (Lipinski definition) is 4. The van der Waals surface area contributed by atoms with Crippen LogP contribution in [0.1, 0.15) is 35.3 Å². The average molecular weight is 592 g/mol. The standard InChI is InChI=1S/C19H18N3O.C18H13N3O/c1-21-16-9-5-3-7-14(16)19(23)22-11-10-13-12-6-2-4-8-15(12)20-17(13)18(21)22;22-18-13-6-2-4-8-15(13)20-17-16-12(9-10-21(17)18)11-5-1-3-7-14(11)19-16/h2-9,13,17,20H,10-11H2,1H3;1-8,19H,9-10H2/q+1;. The smallest absolute Gasteiger partial charge is 0.345 e. The van der Waals surface area contributed by atoms with Gasteiger partial charge >= 0.3 is 5.56 Å². The number of rotatable bonds is 0. The monoisotopic (exact) mass is 591 g/mol. The van der Waals surface area contributed by atoms with E-state index in [0.717, 1.165) is 58.7 Å². The molecule has 8 nitrogen and oxygen atoms in total. The van der Waals surface area contributed by atoms with Crippen LogP contribution < -0.4 is 21.0 Å². The Hall–Kier alpha value is -5.50. The Morgan fingerprint density at radius 1 is 0.778 bits per heavy atom. The summed E-state index contributed by atoms with van der Waals surface area (Å²) in [6.07, 6.45) is 1.85. The first-order chi connectivity index (χ1) is 22.1. The predicted molar refractivity (Wildman–Crippen MR) is 177 cm³/mol. The Morgan fingerprint density at radius 3 is 2.38 bits per heavy atom. The van der Waals surface area contributed by atoms with Gasteiger partial charge in [0.15, 0.2) is 5.82 Å². The van der Waals surface area contributed by atoms with Crippen LogP contribution >= 0.6 is 0 Å². The third-order valence-electron chi connectivity index (χ3n) is 9.86. The number of aryl methyl sites for hydroxylation is 2. The van der Waals surface area contributed by atoms with Crippen LogP contribution in [-0.2, 0) is 26.6 Å². The van der Waals surface area contributed by atoms with Crippen LogP contribution in [0.4, 0.5) is 5.69 Å². The van der Waals surface area contributed by atoms with Crippen molar-refractivity contribution in [3.8, 4) is 11.5 Å². The molecule has 3 aromatic heterocycles. The van der Waals surface area contributed by atoms with E-state index in [1.165, 1.54) is 22.2 Å². The number of fused-ring (bicyclic) bond motifs is 12. The number of H-pyrrole nitrogens is 1. The van der Waals surface area contributed by atoms with Crippen molar-refractivity contribution in [2.24, 2.45) is 7.05 Å². The van der Waals surface area contributed by atoms with Gasteiger partial charge in [-0.15, -0.1) is 0 Å². The summed E-state index contributed by atoms with van der Waals surface area (Å²) in [5.74, 6) is 2.28. The molecule has 2 atom stereocenters. The lowest BCUT2D eigenvalue weighted by Crippen LogP contribution is -2.48. The first-order valence-corrected chi connectivity index (χ1v) is 15.5. The van der Waals surface area contributed by atoms with Crippen LogP contribution in [0.5, 0.6) is 0 Å². The van der Waals surface area contributed by atoms with Crippen molar-refractivity contribution in [1.29, 1.82) is 0 Å². The molecule has 2 N–H and O–H groups in total. The molecule has 45 heavy (non-hydrogen) atoms. The number of hydrogen-bond donors (Lipinski definition) is 2. The highest BCUT2D eigenvalue weighted by molar-refractivity contribution is 5.91. The summed E-state index contributed by atoms with van der Waals surface area (Å²) < 4.78 is 5.94. The normalized spacial score (nSPS) is 17.4. The van der Waals surface area contributed by atoms with E-state index >= 15 is 0 Å². The van der Waals surface area contributed by atoms with Gasteiger partial charge in [-0.05, 0) is 60.4 Å². The van der Waals surface area contributed by atoms with Crippen molar-refractivity contribution in [1.82, 2.24) is 19.1 Å². The highest BCUT2D eigenvalue weighted by atomic mass is 16.1. The minimum Gasteiger partial charge on any atom is -0.371 e. The van der Waals surface area contributed by atoms with Crippen LogP contribution in [0.25, 0.3) is 44.2 Å². The maximum absolute atomic E-state index is 12.9. The Labute approximate surface area is 258 Å². The van der Waals surface area contributed by atoms with Gasteiger partial charge in [-0.1, -0.05) is 60.7 Å². The molecule has 0 bridgehead atoms. The molecule has 6 heterocycles. The molecule has 4 aromatic carbocycles. The molecule has 0 amide bonds. The Balaban J connectivity index is 0.000000125. The van der Waals surface area contributed by atoms with E-state index in [-0.39, 0.29) is 17.2 Å². The second kappa shape index (κ2) is 9.75. The number of para-hydroxylation sites is 4. The lowest BCUT2D eigenvalue weighted by Gasteiger charge is -2.26. The van der Waals surface area contributed by atoms with Crippen molar-refractivity contribution >= 4 is 38.4 Å². The zero-order chi connectivity index (χ0) is 30.2. The molecule has 0 radical (unpaired) electrons. The first-order valence-electron chi connectivity index (χ1n) is 15.5. The highest BCUT2D eigenvalue weighted by Gasteiger charge is 2.44. The second-order valence-corrected chi connectivity index (χ2v) is 12.2. The van der Waals surface area contributed by atoms with Crippen LogP contribution in [0, 0.1) is 0 Å². The molecule has 0 spiro atoms. The fraction of sp³-hybridized carbons (Fsp3) is 0.189. The summed E-state index contributed by atoms with van der Waals surface area (Å²) in [6, 6.07) is 32.4. The zero-order valence-corrected chi connectivity index (χ0v) is 24.8. The minimum absolute atomic E-state index is 0.0462. The molecule has 3 aliphatic heterocycles. The van der Waals surface area contributed by atoms with Crippen molar-refractivity contribution < 1.29 is 4.57 Å². The quantitative estimate of drug-likeness (QED) is 0.226. The fourth-order valence-corrected chi connectivity index (χ4v) is 7.77. The van der Waals surface area contributed by atoms with Gasteiger partial charge in [0.25, 0.3) is 11.4 Å². The molecule has 220 valence electrons. The average Bonchev–Trinajstić information content (AvgIpc) is 3.66. The summed E-state index contributed by atoms with van der Waals surface area (Å²) in [6.45, 7) is 1.46. The summed E-state index contributed by atoms with van der Waals surface area (Å²) in [7, 11) is 2.07. The third-order valence-corrected chi connectivity index (χ3v) is 9.86. The topological polar surface area (TPSA) is 88.6 Å². The Kier molecular flexibility index (Phi) is 5.63. The lowest BCUT2D eigenvalue weighted by atomic mass is 9.88. The third kappa shape index (κ3) is 3.78. The largest absolute Gasteiger partial charge is 0.371 e. The van der Waals surface area contributed by atoms with E-state index in [9.17, 15) is 9.59 Å². The van der Waals surface area contributed by atoms with Gasteiger partial charge < -0.3 is 10.3 Å². The SMILES string of the molecule is C[n+]1c2n(c(=O)c3ccccc31)CCC1c3ccccc3NC21.O=c1c2ccccc2nc2n1CCc1c-2[nH]c2ccccc12. The molecular weight excluding hydrogens is 560 g/mol. The van der Waals surface area contributed by atoms with Gasteiger partial charge in [-0.3, -0.25) is 9.36 Å². The maximum Gasteiger partial charge on any atom is 0.345 e. The van der Waals surface area contributed by atoms with Gasteiger partial charge in [0, 0.05) is 29.1 Å². The van der Waals surface area contributed by atoms with Gasteiger partial charge in [0.2, 0.25) is 0 Å². The van der Waals surface area contributed by atoms with E-state index in [1.54, 1.807) is 4.57 Å². The van der Waals surface area contributed by atoms with Crippen LogP contribution in [0.3, 0.4) is 0 Å². The van der Waals surface area contributed by atoms with E-state index in [2.05, 4.69) is 58.3 Å². The molecule has 2 unspecified atom stereocenters. The number of benzene rings is 4. The number of aromatic nitrogens is 5. The molecule has 3 aliphatic rings. The fourth-order valence-electron chi connectivity index (χ4n) is 7.77. The van der Waals surface area contributed by atoms with E-state index in [0.29, 0.717) is 17.8 Å². The zero-order valence-electron chi connectivity index (χ0n) is 24.8. The highest BCUT2D eigenvalue weighted by Crippen LogP contribution is 2.47. The number of aromatic amines is 1. The van der Waals surface area contributed by atoms with Gasteiger partial charge in [-0.2, -0.15) is 4.57 Å². The molecule has 0 aliphatic carbocycles. The molecule has 7 aromatic rings. The van der Waals surface area contributed by atoms with Crippen LogP contribution in [-0.4, -0.2) is 19.1 Å². The van der Waals surface area contributed by atoms with Crippen molar-refractivity contribution in [3.05, 3.63) is 135 Å². The first kappa shape index (κ1) is 25.9. The molecule has 10 rings (SSSR count). The molecule has 0 saturated heterocycles. The molecular formula is C37H31N6O2+. The Bertz CT molecular complexity index is 2450. The van der Waals surface area contributed by atoms with Gasteiger partial charge in [-0.25, -0.2) is 14.3 Å². The minimum atomic E-state index is 0.0462. The van der Waals surface area contributed by atoms with E-state index in [4.69, 9.17) is 4.98 Å². The number of nitrogens with zero attached hydrogens (tertiary/aromatic N) is 4. The van der Waals surface area contributed by atoms with Crippen molar-refractivity contribution in [2.45, 2.75) is 37.9 Å². The summed E-state index contributed by atoms with van der Waals surface area (Å²) >= 11 is 0. The molecule has 8 heteroatoms. The van der Waals surface area contributed by atoms with Gasteiger partial charge in [0.05, 0.1) is 30.2 Å². The second-order valence-electron chi connectivity index (χ2n) is 12.2. The molecule has 0 saturated carbocycles. The van der Waals surface area contributed by atoms with Crippen LogP contribution in [0.15, 0.2) is 107 Å². The van der Waals surface area contributed by atoms with Crippen molar-refractivity contribution in [2.75, 3.05) is 5.32 Å². The summed E-state index contributed by atoms with van der Waals surface area (Å²) in [5.41, 5.74) is 7.86. The molecule has 0 fully saturated rings. The predicted octanol–water partition coefficient (Wildman–Crippen LogP) is 5.58. The lowest BCUT2D eigenvalue weighted by molar-refractivity contribution is -0.660. The number of nitrogens with one attached hydrogen (secondary N) is 2. The van der Waals surface area contributed by atoms with E-state index < -0.39 is 0 Å². The summed E-state index contributed by atoms with van der Waals surface area (Å²) in [4.78, 5) is 33.8. The maximum atomic E-state index is 12.9. The number of anilines is 1. The van der Waals surface area contributed by atoms with Gasteiger partial charge in [0.1, 0.15) is 16.9 Å². The summed E-state index contributed by atoms with van der Waals surface area (Å²) in [5, 5.41) is 6.36.